The number of amides is 1. The molecule has 2 aliphatic heterocycles. The summed E-state index contributed by atoms with van der Waals surface area (Å²) in [4.78, 5) is 35.8. The maximum Gasteiger partial charge on any atom is 0.217 e. The molecular weight excluding hydrogens is 394 g/mol. The number of hydrogen-bond donors (Lipinski definition) is 1. The first-order valence-corrected chi connectivity index (χ1v) is 10.8. The lowest BCUT2D eigenvalue weighted by Crippen LogP contribution is -2.29. The third-order valence-corrected chi connectivity index (χ3v) is 6.39. The number of Topliss-reactive ketones (excluding diaryl/α,β-unsaturated/α-hetero) is 1. The van der Waals surface area contributed by atoms with E-state index in [4.69, 9.17) is 24.7 Å². The standard InChI is InChI=1S/C20H25N3O5S/c21-16(24)11-13-3-1-8-28-23(12-13)20-22-17(15-4-2-7-27-15)19(29-20)18(25)14-5-9-26-10-6-14/h2,4,7,13-14H,1,3,5-6,8-12H2,(H2,21,24). The van der Waals surface area contributed by atoms with Gasteiger partial charge < -0.3 is 14.9 Å². The van der Waals surface area contributed by atoms with Gasteiger partial charge in [0, 0.05) is 25.6 Å². The molecule has 0 aliphatic carbocycles. The SMILES string of the molecule is NC(=O)CC1CCCON(c2nc(-c3ccco3)c(C(=O)C3CCOCC3)s2)C1. The van der Waals surface area contributed by atoms with E-state index in [0.717, 1.165) is 12.8 Å². The second kappa shape index (κ2) is 9.06. The molecule has 0 spiro atoms. The molecule has 0 saturated carbocycles. The van der Waals surface area contributed by atoms with E-state index in [1.54, 1.807) is 23.5 Å². The normalized spacial score (nSPS) is 21.1. The summed E-state index contributed by atoms with van der Waals surface area (Å²) in [6, 6.07) is 3.58. The van der Waals surface area contributed by atoms with Gasteiger partial charge in [-0.05, 0) is 43.7 Å². The number of anilines is 1. The molecule has 2 aromatic heterocycles. The summed E-state index contributed by atoms with van der Waals surface area (Å²) < 4.78 is 10.9. The second-order valence-electron chi connectivity index (χ2n) is 7.48. The van der Waals surface area contributed by atoms with Crippen molar-refractivity contribution in [2.75, 3.05) is 31.4 Å². The van der Waals surface area contributed by atoms with Gasteiger partial charge in [0.05, 0.1) is 19.4 Å². The molecule has 2 aliphatic rings. The van der Waals surface area contributed by atoms with Crippen LogP contribution in [0.4, 0.5) is 5.13 Å². The Kier molecular flexibility index (Phi) is 6.27. The van der Waals surface area contributed by atoms with E-state index in [-0.39, 0.29) is 23.5 Å². The topological polar surface area (TPSA) is 108 Å². The molecule has 0 bridgehead atoms. The van der Waals surface area contributed by atoms with Crippen molar-refractivity contribution in [1.29, 1.82) is 0 Å². The molecule has 4 rings (SSSR count). The van der Waals surface area contributed by atoms with E-state index < -0.39 is 0 Å². The van der Waals surface area contributed by atoms with Crippen LogP contribution in [0.5, 0.6) is 0 Å². The molecule has 1 atom stereocenters. The zero-order valence-corrected chi connectivity index (χ0v) is 17.0. The fraction of sp³-hybridized carbons (Fsp3) is 0.550. The first-order chi connectivity index (χ1) is 14.1. The molecule has 0 radical (unpaired) electrons. The number of hydroxylamine groups is 1. The summed E-state index contributed by atoms with van der Waals surface area (Å²) in [5.74, 6) is 0.347. The van der Waals surface area contributed by atoms with Crippen molar-refractivity contribution in [2.45, 2.75) is 32.1 Å². The van der Waals surface area contributed by atoms with Crippen molar-refractivity contribution in [3.63, 3.8) is 0 Å². The van der Waals surface area contributed by atoms with Gasteiger partial charge in [-0.3, -0.25) is 14.4 Å². The van der Waals surface area contributed by atoms with Crippen molar-refractivity contribution < 1.29 is 23.6 Å². The molecular formula is C20H25N3O5S. The fourth-order valence-corrected chi connectivity index (χ4v) is 4.88. The Balaban J connectivity index is 1.63. The predicted octanol–water partition coefficient (Wildman–Crippen LogP) is 3.04. The van der Waals surface area contributed by atoms with Gasteiger partial charge in [0.1, 0.15) is 10.6 Å². The molecule has 2 saturated heterocycles. The van der Waals surface area contributed by atoms with E-state index in [1.165, 1.54) is 11.3 Å². The molecule has 2 N–H and O–H groups in total. The molecule has 2 aromatic rings. The Labute approximate surface area is 172 Å². The zero-order valence-electron chi connectivity index (χ0n) is 16.2. The lowest BCUT2D eigenvalue weighted by molar-refractivity contribution is -0.118. The number of thiazole rings is 1. The summed E-state index contributed by atoms with van der Waals surface area (Å²) in [6.07, 6.45) is 5.02. The van der Waals surface area contributed by atoms with Crippen molar-refractivity contribution in [1.82, 2.24) is 4.98 Å². The van der Waals surface area contributed by atoms with Gasteiger partial charge in [0.2, 0.25) is 11.0 Å². The minimum absolute atomic E-state index is 0.0709. The van der Waals surface area contributed by atoms with Crippen LogP contribution < -0.4 is 10.8 Å². The van der Waals surface area contributed by atoms with Crippen molar-refractivity contribution in [3.05, 3.63) is 23.3 Å². The Morgan fingerprint density at radius 3 is 2.79 bits per heavy atom. The molecule has 1 amide bonds. The highest BCUT2D eigenvalue weighted by Gasteiger charge is 2.31. The Hall–Kier alpha value is -2.23. The molecule has 4 heterocycles. The number of ketones is 1. The van der Waals surface area contributed by atoms with Gasteiger partial charge in [-0.15, -0.1) is 0 Å². The van der Waals surface area contributed by atoms with Gasteiger partial charge in [0.15, 0.2) is 11.5 Å². The van der Waals surface area contributed by atoms with Crippen LogP contribution in [-0.2, 0) is 14.4 Å². The lowest BCUT2D eigenvalue weighted by atomic mass is 9.94. The molecule has 2 fully saturated rings. The van der Waals surface area contributed by atoms with Crippen LogP contribution in [0, 0.1) is 11.8 Å². The van der Waals surface area contributed by atoms with Crippen LogP contribution in [-0.4, -0.2) is 43.0 Å². The summed E-state index contributed by atoms with van der Waals surface area (Å²) in [5.41, 5.74) is 5.94. The fourth-order valence-electron chi connectivity index (χ4n) is 3.82. The summed E-state index contributed by atoms with van der Waals surface area (Å²) in [7, 11) is 0. The van der Waals surface area contributed by atoms with Gasteiger partial charge in [-0.2, -0.15) is 0 Å². The quantitative estimate of drug-likeness (QED) is 0.717. The Bertz CT molecular complexity index is 844. The van der Waals surface area contributed by atoms with E-state index in [2.05, 4.69) is 0 Å². The third-order valence-electron chi connectivity index (χ3n) is 5.32. The number of primary amides is 1. The van der Waals surface area contributed by atoms with Crippen LogP contribution in [0.1, 0.15) is 41.8 Å². The van der Waals surface area contributed by atoms with Crippen molar-refractivity contribution >= 4 is 28.2 Å². The van der Waals surface area contributed by atoms with Crippen LogP contribution in [0.2, 0.25) is 0 Å². The monoisotopic (exact) mass is 419 g/mol. The van der Waals surface area contributed by atoms with Crippen LogP contribution >= 0.6 is 11.3 Å². The molecule has 29 heavy (non-hydrogen) atoms. The van der Waals surface area contributed by atoms with Gasteiger partial charge in [-0.1, -0.05) is 11.3 Å². The average molecular weight is 420 g/mol. The predicted molar refractivity (Wildman–Crippen MR) is 108 cm³/mol. The average Bonchev–Trinajstić information content (AvgIpc) is 3.34. The number of ether oxygens (including phenoxy) is 1. The van der Waals surface area contributed by atoms with Gasteiger partial charge >= 0.3 is 0 Å². The molecule has 156 valence electrons. The largest absolute Gasteiger partial charge is 0.463 e. The number of carbonyl (C=O) groups excluding carboxylic acids is 2. The first-order valence-electron chi connectivity index (χ1n) is 9.97. The number of furan rings is 1. The number of nitrogens with two attached hydrogens (primary N) is 1. The second-order valence-corrected chi connectivity index (χ2v) is 8.45. The number of hydrogen-bond acceptors (Lipinski definition) is 8. The molecule has 8 nitrogen and oxygen atoms in total. The number of carbonyl (C=O) groups is 2. The van der Waals surface area contributed by atoms with E-state index in [1.807, 2.05) is 0 Å². The highest BCUT2D eigenvalue weighted by atomic mass is 32.1. The van der Waals surface area contributed by atoms with Crippen molar-refractivity contribution in [2.24, 2.45) is 17.6 Å². The maximum atomic E-state index is 13.2. The van der Waals surface area contributed by atoms with Gasteiger partial charge in [0.25, 0.3) is 0 Å². The minimum Gasteiger partial charge on any atom is -0.463 e. The van der Waals surface area contributed by atoms with Crippen LogP contribution in [0.15, 0.2) is 22.8 Å². The summed E-state index contributed by atoms with van der Waals surface area (Å²) in [6.45, 7) is 2.25. The summed E-state index contributed by atoms with van der Waals surface area (Å²) in [5, 5.41) is 2.31. The number of nitrogens with zero attached hydrogens (tertiary/aromatic N) is 2. The van der Waals surface area contributed by atoms with E-state index >= 15 is 0 Å². The Morgan fingerprint density at radius 1 is 1.24 bits per heavy atom. The van der Waals surface area contributed by atoms with Crippen LogP contribution in [0.3, 0.4) is 0 Å². The molecule has 1 unspecified atom stereocenters. The smallest absolute Gasteiger partial charge is 0.217 e. The highest BCUT2D eigenvalue weighted by Crippen LogP contribution is 2.37. The maximum absolute atomic E-state index is 13.2. The zero-order chi connectivity index (χ0) is 20.2. The van der Waals surface area contributed by atoms with Crippen molar-refractivity contribution in [3.8, 4) is 11.5 Å². The third kappa shape index (κ3) is 4.68. The number of aromatic nitrogens is 1. The lowest BCUT2D eigenvalue weighted by Gasteiger charge is -2.22. The van der Waals surface area contributed by atoms with Crippen LogP contribution in [0.25, 0.3) is 11.5 Å². The first kappa shape index (κ1) is 20.1. The van der Waals surface area contributed by atoms with Gasteiger partial charge in [-0.25, -0.2) is 10.0 Å². The highest BCUT2D eigenvalue weighted by molar-refractivity contribution is 7.18. The number of rotatable bonds is 6. The Morgan fingerprint density at radius 2 is 2.07 bits per heavy atom. The van der Waals surface area contributed by atoms with E-state index in [0.29, 0.717) is 67.1 Å². The minimum atomic E-state index is -0.317. The molecule has 9 heteroatoms. The van der Waals surface area contributed by atoms with E-state index in [9.17, 15) is 9.59 Å². The molecule has 0 aromatic carbocycles. The summed E-state index contributed by atoms with van der Waals surface area (Å²) >= 11 is 1.32.